The Balaban J connectivity index is 1.69. The topological polar surface area (TPSA) is 64.4 Å². The number of pyridine rings is 1. The van der Waals surface area contributed by atoms with Crippen molar-refractivity contribution >= 4 is 22.7 Å². The van der Waals surface area contributed by atoms with Crippen LogP contribution in [0.5, 0.6) is 11.5 Å². The average Bonchev–Trinajstić information content (AvgIpc) is 3.06. The number of anilines is 1. The van der Waals surface area contributed by atoms with Crippen LogP contribution in [0.2, 0.25) is 0 Å². The lowest BCUT2D eigenvalue weighted by Crippen LogP contribution is -2.13. The van der Waals surface area contributed by atoms with Crippen LogP contribution in [-0.4, -0.2) is 10.9 Å². The van der Waals surface area contributed by atoms with Gasteiger partial charge in [0.25, 0.3) is 5.91 Å². The molecule has 0 fully saturated rings. The van der Waals surface area contributed by atoms with Crippen LogP contribution in [0.25, 0.3) is 11.0 Å². The van der Waals surface area contributed by atoms with Crippen molar-refractivity contribution < 1.29 is 13.9 Å². The van der Waals surface area contributed by atoms with Gasteiger partial charge in [-0.3, -0.25) is 4.79 Å². The number of nitrogens with one attached hydrogen (secondary N) is 1. The van der Waals surface area contributed by atoms with E-state index in [1.807, 2.05) is 57.2 Å². The van der Waals surface area contributed by atoms with Crippen molar-refractivity contribution in [1.29, 1.82) is 0 Å². The number of fused-ring (bicyclic) bond motifs is 1. The number of ether oxygens (including phenoxy) is 1. The monoisotopic (exact) mass is 372 g/mol. The Morgan fingerprint density at radius 3 is 2.43 bits per heavy atom. The van der Waals surface area contributed by atoms with E-state index in [4.69, 9.17) is 9.15 Å². The minimum absolute atomic E-state index is 0.277. The quantitative estimate of drug-likeness (QED) is 0.492. The molecule has 0 saturated carbocycles. The number of furan rings is 1. The van der Waals surface area contributed by atoms with E-state index in [1.165, 1.54) is 0 Å². The third-order valence-electron chi connectivity index (χ3n) is 4.39. The highest BCUT2D eigenvalue weighted by Crippen LogP contribution is 2.34. The van der Waals surface area contributed by atoms with Crippen LogP contribution in [0.3, 0.4) is 0 Å². The molecule has 5 nitrogen and oxygen atoms in total. The zero-order valence-electron chi connectivity index (χ0n) is 15.9. The molecule has 1 amide bonds. The highest BCUT2D eigenvalue weighted by atomic mass is 16.5. The van der Waals surface area contributed by atoms with E-state index in [0.29, 0.717) is 28.5 Å². The van der Waals surface area contributed by atoms with Gasteiger partial charge in [0.05, 0.1) is 5.39 Å². The van der Waals surface area contributed by atoms with Crippen LogP contribution in [0, 0.1) is 20.8 Å². The predicted molar refractivity (Wildman–Crippen MR) is 109 cm³/mol. The molecule has 5 heteroatoms. The fraction of sp³-hybridized carbons (Fsp3) is 0.130. The zero-order valence-corrected chi connectivity index (χ0v) is 15.9. The summed E-state index contributed by atoms with van der Waals surface area (Å²) in [4.78, 5) is 17.0. The lowest BCUT2D eigenvalue weighted by Gasteiger charge is -2.10. The first kappa shape index (κ1) is 17.8. The maximum atomic E-state index is 12.8. The van der Waals surface area contributed by atoms with Gasteiger partial charge in [-0.2, -0.15) is 0 Å². The lowest BCUT2D eigenvalue weighted by molar-refractivity contribution is 0.102. The van der Waals surface area contributed by atoms with E-state index in [1.54, 1.807) is 24.4 Å². The van der Waals surface area contributed by atoms with Crippen molar-refractivity contribution in [2.45, 2.75) is 20.8 Å². The number of aromatic nitrogens is 1. The molecule has 2 aromatic heterocycles. The average molecular weight is 372 g/mol. The first-order valence-corrected chi connectivity index (χ1v) is 9.01. The largest absolute Gasteiger partial charge is 0.461 e. The Morgan fingerprint density at radius 2 is 1.71 bits per heavy atom. The van der Waals surface area contributed by atoms with Gasteiger partial charge in [0, 0.05) is 11.8 Å². The summed E-state index contributed by atoms with van der Waals surface area (Å²) < 4.78 is 11.8. The second kappa shape index (κ2) is 7.19. The molecule has 0 aliphatic heterocycles. The fourth-order valence-corrected chi connectivity index (χ4v) is 2.91. The molecule has 28 heavy (non-hydrogen) atoms. The molecule has 0 aliphatic rings. The van der Waals surface area contributed by atoms with Crippen LogP contribution >= 0.6 is 0 Å². The third-order valence-corrected chi connectivity index (χ3v) is 4.39. The van der Waals surface area contributed by atoms with Crippen molar-refractivity contribution in [3.8, 4) is 11.5 Å². The smallest absolute Gasteiger partial charge is 0.257 e. The summed E-state index contributed by atoms with van der Waals surface area (Å²) >= 11 is 0. The van der Waals surface area contributed by atoms with Crippen LogP contribution in [0.15, 0.2) is 65.2 Å². The van der Waals surface area contributed by atoms with Gasteiger partial charge < -0.3 is 14.5 Å². The van der Waals surface area contributed by atoms with Crippen molar-refractivity contribution in [1.82, 2.24) is 4.98 Å². The summed E-state index contributed by atoms with van der Waals surface area (Å²) in [5, 5.41) is 3.63. The van der Waals surface area contributed by atoms with Gasteiger partial charge in [0.1, 0.15) is 28.7 Å². The Labute approximate surface area is 163 Å². The van der Waals surface area contributed by atoms with E-state index in [0.717, 1.165) is 22.3 Å². The number of hydrogen-bond acceptors (Lipinski definition) is 4. The number of hydrogen-bond donors (Lipinski definition) is 1. The van der Waals surface area contributed by atoms with Crippen molar-refractivity contribution in [2.24, 2.45) is 0 Å². The third kappa shape index (κ3) is 3.74. The van der Waals surface area contributed by atoms with Crippen LogP contribution < -0.4 is 10.1 Å². The Morgan fingerprint density at radius 1 is 0.964 bits per heavy atom. The summed E-state index contributed by atoms with van der Waals surface area (Å²) in [6.07, 6.45) is 1.71. The van der Waals surface area contributed by atoms with Gasteiger partial charge in [-0.05, 0) is 62.7 Å². The summed E-state index contributed by atoms with van der Waals surface area (Å²) in [6.45, 7) is 5.83. The van der Waals surface area contributed by atoms with Crippen LogP contribution in [0.4, 0.5) is 5.82 Å². The van der Waals surface area contributed by atoms with Crippen LogP contribution in [0.1, 0.15) is 27.2 Å². The van der Waals surface area contributed by atoms with Crippen molar-refractivity contribution in [2.75, 3.05) is 5.32 Å². The number of carbonyl (C=O) groups is 1. The van der Waals surface area contributed by atoms with Gasteiger partial charge in [-0.25, -0.2) is 4.98 Å². The summed E-state index contributed by atoms with van der Waals surface area (Å²) in [5.74, 6) is 2.23. The van der Waals surface area contributed by atoms with Gasteiger partial charge in [-0.1, -0.05) is 23.8 Å². The number of amides is 1. The van der Waals surface area contributed by atoms with Gasteiger partial charge in [-0.15, -0.1) is 0 Å². The number of nitrogens with zero attached hydrogens (tertiary/aromatic N) is 1. The molecule has 2 heterocycles. The zero-order chi connectivity index (χ0) is 19.7. The second-order valence-electron chi connectivity index (χ2n) is 6.83. The normalized spacial score (nSPS) is 10.8. The molecule has 0 atom stereocenters. The van der Waals surface area contributed by atoms with E-state index in [9.17, 15) is 4.79 Å². The van der Waals surface area contributed by atoms with E-state index in [-0.39, 0.29) is 5.91 Å². The molecule has 4 aromatic rings. The summed E-state index contributed by atoms with van der Waals surface area (Å²) in [7, 11) is 0. The molecule has 1 N–H and O–H groups in total. The molecule has 0 radical (unpaired) electrons. The number of carbonyl (C=O) groups excluding carboxylic acids is 1. The first-order chi connectivity index (χ1) is 13.5. The number of aryl methyl sites for hydroxylation is 3. The molecule has 0 bridgehead atoms. The number of rotatable bonds is 4. The minimum Gasteiger partial charge on any atom is -0.461 e. The standard InChI is InChI=1S/C23H20N2O3/c1-14-4-7-18(8-5-14)28-21-12-17(11-20-19(21)10-16(3)27-20)23(26)25-22-9-6-15(2)13-24-22/h4-13H,1-3H3,(H,24,25,26). The summed E-state index contributed by atoms with van der Waals surface area (Å²) in [5.41, 5.74) is 3.21. The maximum absolute atomic E-state index is 12.8. The molecular formula is C23H20N2O3. The molecule has 2 aromatic carbocycles. The van der Waals surface area contributed by atoms with Gasteiger partial charge >= 0.3 is 0 Å². The molecule has 140 valence electrons. The second-order valence-corrected chi connectivity index (χ2v) is 6.83. The van der Waals surface area contributed by atoms with Crippen molar-refractivity contribution in [3.05, 3.63) is 83.2 Å². The van der Waals surface area contributed by atoms with E-state index >= 15 is 0 Å². The SMILES string of the molecule is Cc1ccc(Oc2cc(C(=O)Nc3ccc(C)cn3)cc3oc(C)cc23)cc1. The van der Waals surface area contributed by atoms with E-state index < -0.39 is 0 Å². The highest BCUT2D eigenvalue weighted by Gasteiger charge is 2.15. The molecule has 0 aliphatic carbocycles. The molecule has 0 unspecified atom stereocenters. The molecule has 0 spiro atoms. The molecule has 4 rings (SSSR count). The maximum Gasteiger partial charge on any atom is 0.257 e. The van der Waals surface area contributed by atoms with Crippen LogP contribution in [-0.2, 0) is 0 Å². The Bertz CT molecular complexity index is 1140. The Hall–Kier alpha value is -3.60. The summed E-state index contributed by atoms with van der Waals surface area (Å²) in [6, 6.07) is 16.8. The fourth-order valence-electron chi connectivity index (χ4n) is 2.91. The molecular weight excluding hydrogens is 352 g/mol. The van der Waals surface area contributed by atoms with E-state index in [2.05, 4.69) is 10.3 Å². The molecule has 0 saturated heterocycles. The first-order valence-electron chi connectivity index (χ1n) is 9.01. The highest BCUT2D eigenvalue weighted by molar-refractivity contribution is 6.06. The Kier molecular flexibility index (Phi) is 4.57. The lowest BCUT2D eigenvalue weighted by atomic mass is 10.1. The predicted octanol–water partition coefficient (Wildman–Crippen LogP) is 5.80. The van der Waals surface area contributed by atoms with Gasteiger partial charge in [0.15, 0.2) is 0 Å². The number of benzene rings is 2. The van der Waals surface area contributed by atoms with Crippen molar-refractivity contribution in [3.63, 3.8) is 0 Å². The van der Waals surface area contributed by atoms with Gasteiger partial charge in [0.2, 0.25) is 0 Å². The minimum atomic E-state index is -0.277.